The lowest BCUT2D eigenvalue weighted by molar-refractivity contribution is -0.143. The fraction of sp³-hybridized carbons (Fsp3) is 0.444. The van der Waals surface area contributed by atoms with Gasteiger partial charge in [-0.15, -0.1) is 0 Å². The number of aliphatic hydroxyl groups is 2. The first-order chi connectivity index (χ1) is 24.7. The molecule has 2 aromatic carbocycles. The molecule has 2 aromatic heterocycles. The molecule has 0 aliphatic rings. The lowest BCUT2D eigenvalue weighted by atomic mass is 10.1. The van der Waals surface area contributed by atoms with Crippen LogP contribution in [0.3, 0.4) is 0 Å². The summed E-state index contributed by atoms with van der Waals surface area (Å²) in [5.41, 5.74) is 1.90. The number of benzene rings is 2. The number of ether oxygens (including phenoxy) is 4. The van der Waals surface area contributed by atoms with Crippen LogP contribution in [0.25, 0.3) is 0 Å². The van der Waals surface area contributed by atoms with Crippen molar-refractivity contribution >= 4 is 58.3 Å². The van der Waals surface area contributed by atoms with Crippen molar-refractivity contribution in [1.29, 1.82) is 0 Å². The molecule has 284 valence electrons. The summed E-state index contributed by atoms with van der Waals surface area (Å²) in [6, 6.07) is 9.67. The van der Waals surface area contributed by atoms with Crippen LogP contribution in [0.4, 0.5) is 0 Å². The summed E-state index contributed by atoms with van der Waals surface area (Å²) in [5.74, 6) is 0.786. The van der Waals surface area contributed by atoms with Crippen LogP contribution in [-0.2, 0) is 33.7 Å². The molecule has 2 N–H and O–H groups in total. The number of hydrogen-bond acceptors (Lipinski definition) is 10. The van der Waals surface area contributed by atoms with Gasteiger partial charge in [0.15, 0.2) is 5.69 Å². The van der Waals surface area contributed by atoms with Crippen LogP contribution in [0, 0.1) is 0 Å². The third kappa shape index (κ3) is 12.0. The number of nitrogens with zero attached hydrogens (tertiary/aromatic N) is 4. The van der Waals surface area contributed by atoms with E-state index in [-0.39, 0.29) is 63.0 Å². The minimum absolute atomic E-state index is 0.0489. The van der Waals surface area contributed by atoms with Crippen LogP contribution in [0.5, 0.6) is 23.3 Å². The van der Waals surface area contributed by atoms with Gasteiger partial charge in [-0.25, -0.2) is 14.2 Å². The zero-order valence-corrected chi connectivity index (χ0v) is 32.9. The molecule has 0 atom stereocenters. The molecule has 4 rings (SSSR count). The van der Waals surface area contributed by atoms with Gasteiger partial charge in [-0.2, -0.15) is 10.2 Å². The second-order valence-electron chi connectivity index (χ2n) is 11.9. The zero-order chi connectivity index (χ0) is 38.5. The number of halogens is 4. The molecule has 0 fully saturated rings. The lowest BCUT2D eigenvalue weighted by Crippen LogP contribution is -2.11. The van der Waals surface area contributed by atoms with Crippen molar-refractivity contribution in [3.05, 3.63) is 79.0 Å². The fourth-order valence-electron chi connectivity index (χ4n) is 4.95. The number of aliphatic hydroxyl groups excluding tert-OH is 2. The Bertz CT molecular complexity index is 1770. The normalized spacial score (nSPS) is 11.0. The van der Waals surface area contributed by atoms with E-state index in [1.807, 2.05) is 27.7 Å². The predicted octanol–water partition coefficient (Wildman–Crippen LogP) is 9.22. The topological polar surface area (TPSA) is 147 Å². The van der Waals surface area contributed by atoms with Gasteiger partial charge >= 0.3 is 11.9 Å². The Morgan fingerprint density at radius 1 is 0.712 bits per heavy atom. The Morgan fingerprint density at radius 2 is 1.19 bits per heavy atom. The number of carbonyl (C=O) groups excluding carboxylic acids is 2. The van der Waals surface area contributed by atoms with Crippen LogP contribution in [0.15, 0.2) is 36.4 Å². The number of esters is 2. The second-order valence-corrected chi connectivity index (χ2v) is 13.6. The van der Waals surface area contributed by atoms with E-state index in [0.29, 0.717) is 67.4 Å². The highest BCUT2D eigenvalue weighted by Crippen LogP contribution is 2.36. The van der Waals surface area contributed by atoms with Crippen molar-refractivity contribution in [3.63, 3.8) is 0 Å². The molecular weight excluding hydrogens is 758 g/mol. The minimum atomic E-state index is -0.584. The highest BCUT2D eigenvalue weighted by atomic mass is 35.5. The fourth-order valence-corrected chi connectivity index (χ4v) is 5.96. The molecule has 4 aromatic rings. The van der Waals surface area contributed by atoms with Crippen LogP contribution in [0.1, 0.15) is 93.8 Å². The van der Waals surface area contributed by atoms with Gasteiger partial charge < -0.3 is 29.2 Å². The van der Waals surface area contributed by atoms with Crippen molar-refractivity contribution in [1.82, 2.24) is 19.6 Å². The van der Waals surface area contributed by atoms with Crippen LogP contribution in [0.2, 0.25) is 20.1 Å². The molecule has 12 nitrogen and oxygen atoms in total. The first-order valence-corrected chi connectivity index (χ1v) is 18.3. The highest BCUT2D eigenvalue weighted by Gasteiger charge is 2.28. The van der Waals surface area contributed by atoms with Crippen molar-refractivity contribution in [3.8, 4) is 23.3 Å². The first kappa shape index (κ1) is 42.9. The molecule has 0 radical (unpaired) electrons. The number of rotatable bonds is 16. The van der Waals surface area contributed by atoms with Crippen molar-refractivity contribution in [2.75, 3.05) is 19.8 Å². The Morgan fingerprint density at radius 3 is 1.63 bits per heavy atom. The summed E-state index contributed by atoms with van der Waals surface area (Å²) >= 11 is 24.2. The van der Waals surface area contributed by atoms with E-state index in [4.69, 9.17) is 70.5 Å². The molecule has 0 aliphatic heterocycles. The molecule has 0 bridgehead atoms. The maximum absolute atomic E-state index is 12.5. The number of carbonyl (C=O) groups is 2. The summed E-state index contributed by atoms with van der Waals surface area (Å²) in [5, 5.41) is 29.2. The molecule has 0 saturated heterocycles. The SMILES string of the molecule is CC(C)n1nc(CO)c(CCCO)c1Oc1cc(Cl)cc(Cl)c1.CCOC(=O)CCc1c(C(=O)OCC)nn(C(C)C)c1Oc1cc(Cl)cc(Cl)c1. The predicted molar refractivity (Wildman–Crippen MR) is 201 cm³/mol. The van der Waals surface area contributed by atoms with Gasteiger partial charge in [0.05, 0.1) is 37.6 Å². The smallest absolute Gasteiger partial charge is 0.359 e. The van der Waals surface area contributed by atoms with E-state index in [0.717, 1.165) is 5.56 Å². The molecule has 0 spiro atoms. The lowest BCUT2D eigenvalue weighted by Gasteiger charge is -2.14. The summed E-state index contributed by atoms with van der Waals surface area (Å²) in [4.78, 5) is 24.4. The number of hydrogen-bond donors (Lipinski definition) is 2. The Labute approximate surface area is 323 Å². The molecule has 2 heterocycles. The monoisotopic (exact) mass is 800 g/mol. The van der Waals surface area contributed by atoms with Gasteiger partial charge in [-0.3, -0.25) is 4.79 Å². The van der Waals surface area contributed by atoms with Gasteiger partial charge in [0.2, 0.25) is 11.8 Å². The van der Waals surface area contributed by atoms with E-state index in [9.17, 15) is 14.7 Å². The summed E-state index contributed by atoms with van der Waals surface area (Å²) in [7, 11) is 0. The molecule has 0 aliphatic carbocycles. The van der Waals surface area contributed by atoms with Crippen molar-refractivity contribution in [2.24, 2.45) is 0 Å². The first-order valence-electron chi connectivity index (χ1n) is 16.8. The minimum Gasteiger partial charge on any atom is -0.466 e. The maximum Gasteiger partial charge on any atom is 0.359 e. The summed E-state index contributed by atoms with van der Waals surface area (Å²) in [6.45, 7) is 11.5. The molecule has 16 heteroatoms. The van der Waals surface area contributed by atoms with E-state index in [1.165, 1.54) is 0 Å². The quantitative estimate of drug-likeness (QED) is 0.105. The van der Waals surface area contributed by atoms with Gasteiger partial charge in [0, 0.05) is 44.2 Å². The van der Waals surface area contributed by atoms with E-state index in [2.05, 4.69) is 10.2 Å². The Hall–Kier alpha value is -3.52. The largest absolute Gasteiger partial charge is 0.466 e. The van der Waals surface area contributed by atoms with Crippen molar-refractivity contribution in [2.45, 2.75) is 85.9 Å². The van der Waals surface area contributed by atoms with E-state index >= 15 is 0 Å². The van der Waals surface area contributed by atoms with Gasteiger partial charge in [-0.1, -0.05) is 46.4 Å². The Kier molecular flexibility index (Phi) is 17.0. The van der Waals surface area contributed by atoms with Gasteiger partial charge in [-0.05, 0) is 97.2 Å². The molecule has 0 saturated carbocycles. The van der Waals surface area contributed by atoms with Crippen molar-refractivity contribution < 1.29 is 38.7 Å². The standard InChI is InChI=1S/C20H24Cl2N2O5.C16H20Cl2N2O3/c1-5-27-17(25)8-7-16-18(20(26)28-6-2)23-24(12(3)4)19(16)29-15-10-13(21)9-14(22)11-15;1-10(2)20-16(14(4-3-5-21)15(9-22)19-20)23-13-7-11(17)6-12(18)8-13/h9-12H,5-8H2,1-4H3;6-8,10,21-22H,3-5,9H2,1-2H3. The Balaban J connectivity index is 0.000000288. The third-order valence-corrected chi connectivity index (χ3v) is 8.04. The van der Waals surface area contributed by atoms with Gasteiger partial charge in [0.1, 0.15) is 11.5 Å². The van der Waals surface area contributed by atoms with Crippen LogP contribution < -0.4 is 9.47 Å². The number of aromatic nitrogens is 4. The second kappa shape index (κ2) is 20.6. The molecule has 52 heavy (non-hydrogen) atoms. The van der Waals surface area contributed by atoms with E-state index in [1.54, 1.807) is 59.6 Å². The van der Waals surface area contributed by atoms with E-state index < -0.39 is 5.97 Å². The van der Waals surface area contributed by atoms with Crippen LogP contribution >= 0.6 is 46.4 Å². The zero-order valence-electron chi connectivity index (χ0n) is 29.9. The van der Waals surface area contributed by atoms with Gasteiger partial charge in [0.25, 0.3) is 0 Å². The molecular formula is C36H44Cl4N4O8. The van der Waals surface area contributed by atoms with Crippen LogP contribution in [-0.4, -0.2) is 61.5 Å². The third-order valence-electron chi connectivity index (χ3n) is 7.17. The molecule has 0 unspecified atom stereocenters. The summed E-state index contributed by atoms with van der Waals surface area (Å²) in [6.07, 6.45) is 1.38. The average molecular weight is 803 g/mol. The maximum atomic E-state index is 12.5. The summed E-state index contributed by atoms with van der Waals surface area (Å²) < 4.78 is 25.4. The molecule has 0 amide bonds. The highest BCUT2D eigenvalue weighted by molar-refractivity contribution is 6.35. The average Bonchev–Trinajstić information content (AvgIpc) is 3.60.